The van der Waals surface area contributed by atoms with Gasteiger partial charge in [-0.05, 0) is 24.6 Å². The summed E-state index contributed by atoms with van der Waals surface area (Å²) in [4.78, 5) is 29.9. The largest absolute Gasteiger partial charge is 0.350 e. The number of aromatic nitrogens is 2. The monoisotopic (exact) mass is 391 g/mol. The van der Waals surface area contributed by atoms with Crippen LogP contribution in [0.2, 0.25) is 0 Å². The molecule has 26 heavy (non-hydrogen) atoms. The minimum absolute atomic E-state index is 0.0187. The van der Waals surface area contributed by atoms with E-state index in [0.717, 1.165) is 11.3 Å². The molecule has 3 aromatic rings. The van der Waals surface area contributed by atoms with Gasteiger partial charge in [0.15, 0.2) is 9.84 Å². The Balaban J connectivity index is 1.75. The van der Waals surface area contributed by atoms with Crippen molar-refractivity contribution < 1.29 is 13.2 Å². The van der Waals surface area contributed by atoms with E-state index in [1.807, 2.05) is 0 Å². The van der Waals surface area contributed by atoms with Gasteiger partial charge in [-0.2, -0.15) is 0 Å². The first kappa shape index (κ1) is 18.3. The molecular formula is C17H17N3O4S2. The summed E-state index contributed by atoms with van der Waals surface area (Å²) < 4.78 is 25.8. The summed E-state index contributed by atoms with van der Waals surface area (Å²) in [5, 5.41) is 3.03. The zero-order valence-corrected chi connectivity index (χ0v) is 15.9. The molecule has 0 aliphatic carbocycles. The molecule has 0 radical (unpaired) electrons. The molecule has 0 aliphatic rings. The van der Waals surface area contributed by atoms with E-state index in [4.69, 9.17) is 0 Å². The highest BCUT2D eigenvalue weighted by Gasteiger charge is 2.20. The Labute approximate surface area is 154 Å². The number of hydrogen-bond acceptors (Lipinski definition) is 6. The number of thiophene rings is 1. The molecule has 0 saturated carbocycles. The Morgan fingerprint density at radius 1 is 1.27 bits per heavy atom. The lowest BCUT2D eigenvalue weighted by Crippen LogP contribution is -2.29. The van der Waals surface area contributed by atoms with Crippen LogP contribution in [0.25, 0.3) is 10.2 Å². The maximum Gasteiger partial charge on any atom is 0.262 e. The summed E-state index contributed by atoms with van der Waals surface area (Å²) in [6.45, 7) is 1.67. The third-order valence-electron chi connectivity index (χ3n) is 3.98. The highest BCUT2D eigenvalue weighted by Crippen LogP contribution is 2.26. The molecule has 0 fully saturated rings. The van der Waals surface area contributed by atoms with Crippen molar-refractivity contribution in [2.45, 2.75) is 11.8 Å². The SMILES string of the molecule is Cc1c(C(=O)NCCS(=O)(=O)c2ccccc2)sc2ncn(C)c(=O)c12. The summed E-state index contributed by atoms with van der Waals surface area (Å²) in [6, 6.07) is 8.09. The Morgan fingerprint density at radius 2 is 1.96 bits per heavy atom. The lowest BCUT2D eigenvalue weighted by molar-refractivity contribution is 0.0959. The topological polar surface area (TPSA) is 98.1 Å². The van der Waals surface area contributed by atoms with Crippen molar-refractivity contribution >= 4 is 37.3 Å². The maximum atomic E-state index is 12.4. The van der Waals surface area contributed by atoms with Crippen LogP contribution in [0.4, 0.5) is 0 Å². The standard InChI is InChI=1S/C17H17N3O4S2/c1-11-13-16(19-10-20(2)17(13)22)25-14(11)15(21)18-8-9-26(23,24)12-6-4-3-5-7-12/h3-7,10H,8-9H2,1-2H3,(H,18,21). The van der Waals surface area contributed by atoms with E-state index >= 15 is 0 Å². The van der Waals surface area contributed by atoms with Crippen LogP contribution >= 0.6 is 11.3 Å². The number of carbonyl (C=O) groups excluding carboxylic acids is 1. The summed E-state index contributed by atoms with van der Waals surface area (Å²) in [6.07, 6.45) is 1.41. The molecule has 7 nitrogen and oxygen atoms in total. The fourth-order valence-electron chi connectivity index (χ4n) is 2.55. The molecule has 2 aromatic heterocycles. The van der Waals surface area contributed by atoms with Crippen molar-refractivity contribution in [1.29, 1.82) is 0 Å². The molecule has 9 heteroatoms. The molecule has 1 amide bonds. The molecule has 0 atom stereocenters. The molecule has 0 bridgehead atoms. The van der Waals surface area contributed by atoms with Crippen LogP contribution in [-0.4, -0.2) is 36.2 Å². The van der Waals surface area contributed by atoms with Gasteiger partial charge in [0.25, 0.3) is 11.5 Å². The van der Waals surface area contributed by atoms with Gasteiger partial charge >= 0.3 is 0 Å². The molecule has 0 spiro atoms. The van der Waals surface area contributed by atoms with Crippen molar-refractivity contribution in [2.24, 2.45) is 7.05 Å². The van der Waals surface area contributed by atoms with E-state index in [1.54, 1.807) is 32.2 Å². The predicted octanol–water partition coefficient (Wildman–Crippen LogP) is 1.51. The number of nitrogens with one attached hydrogen (secondary N) is 1. The number of benzene rings is 1. The van der Waals surface area contributed by atoms with E-state index in [2.05, 4.69) is 10.3 Å². The van der Waals surface area contributed by atoms with Crippen LogP contribution < -0.4 is 10.9 Å². The number of fused-ring (bicyclic) bond motifs is 1. The fraction of sp³-hybridized carbons (Fsp3) is 0.235. The Morgan fingerprint density at radius 3 is 2.65 bits per heavy atom. The van der Waals surface area contributed by atoms with Crippen LogP contribution in [0.15, 0.2) is 46.3 Å². The number of carbonyl (C=O) groups is 1. The molecule has 3 rings (SSSR count). The summed E-state index contributed by atoms with van der Waals surface area (Å²) >= 11 is 1.12. The van der Waals surface area contributed by atoms with Crippen LogP contribution in [-0.2, 0) is 16.9 Å². The minimum atomic E-state index is -3.46. The van der Waals surface area contributed by atoms with Gasteiger partial charge < -0.3 is 9.88 Å². The van der Waals surface area contributed by atoms with Crippen LogP contribution in [0.5, 0.6) is 0 Å². The lowest BCUT2D eigenvalue weighted by Gasteiger charge is -2.06. The molecule has 1 aromatic carbocycles. The number of rotatable bonds is 5. The van der Waals surface area contributed by atoms with E-state index in [-0.39, 0.29) is 22.8 Å². The second-order valence-electron chi connectivity index (χ2n) is 5.78. The normalized spacial score (nSPS) is 11.6. The second kappa shape index (κ2) is 7.00. The first-order valence-corrected chi connectivity index (χ1v) is 10.3. The number of hydrogen-bond donors (Lipinski definition) is 1. The summed E-state index contributed by atoms with van der Waals surface area (Å²) in [5.41, 5.74) is 0.344. The van der Waals surface area contributed by atoms with Crippen LogP contribution in [0.3, 0.4) is 0 Å². The van der Waals surface area contributed by atoms with Crippen LogP contribution in [0.1, 0.15) is 15.2 Å². The molecular weight excluding hydrogens is 374 g/mol. The zero-order chi connectivity index (χ0) is 18.9. The third-order valence-corrected chi connectivity index (χ3v) is 6.91. The van der Waals surface area contributed by atoms with Crippen molar-refractivity contribution in [3.05, 3.63) is 57.5 Å². The molecule has 2 heterocycles. The molecule has 0 aliphatic heterocycles. The molecule has 0 saturated heterocycles. The molecule has 0 unspecified atom stereocenters. The number of amides is 1. The van der Waals surface area contributed by atoms with E-state index < -0.39 is 15.7 Å². The highest BCUT2D eigenvalue weighted by molar-refractivity contribution is 7.91. The third kappa shape index (κ3) is 3.40. The zero-order valence-electron chi connectivity index (χ0n) is 14.2. The minimum Gasteiger partial charge on any atom is -0.350 e. The first-order valence-electron chi connectivity index (χ1n) is 7.82. The van der Waals surface area contributed by atoms with Crippen molar-refractivity contribution in [3.63, 3.8) is 0 Å². The van der Waals surface area contributed by atoms with Crippen LogP contribution in [0, 0.1) is 6.92 Å². The smallest absolute Gasteiger partial charge is 0.262 e. The fourth-order valence-corrected chi connectivity index (χ4v) is 4.78. The van der Waals surface area contributed by atoms with Crippen molar-refractivity contribution in [1.82, 2.24) is 14.9 Å². The number of nitrogens with zero attached hydrogens (tertiary/aromatic N) is 2. The Bertz CT molecular complexity index is 1130. The van der Waals surface area contributed by atoms with E-state index in [1.165, 1.54) is 23.0 Å². The van der Waals surface area contributed by atoms with Gasteiger partial charge in [0.1, 0.15) is 4.83 Å². The maximum absolute atomic E-state index is 12.4. The van der Waals surface area contributed by atoms with Gasteiger partial charge in [0, 0.05) is 13.6 Å². The summed E-state index contributed by atoms with van der Waals surface area (Å²) in [5.74, 6) is -0.608. The quantitative estimate of drug-likeness (QED) is 0.711. The average Bonchev–Trinajstić information content (AvgIpc) is 2.96. The summed E-state index contributed by atoms with van der Waals surface area (Å²) in [7, 11) is -1.86. The van der Waals surface area contributed by atoms with Gasteiger partial charge in [-0.3, -0.25) is 9.59 Å². The first-order chi connectivity index (χ1) is 12.3. The molecule has 136 valence electrons. The molecule has 1 N–H and O–H groups in total. The Hall–Kier alpha value is -2.52. The number of aryl methyl sites for hydroxylation is 2. The lowest BCUT2D eigenvalue weighted by atomic mass is 10.2. The van der Waals surface area contributed by atoms with Crippen molar-refractivity contribution in [2.75, 3.05) is 12.3 Å². The van der Waals surface area contributed by atoms with E-state index in [9.17, 15) is 18.0 Å². The number of sulfone groups is 1. The average molecular weight is 391 g/mol. The van der Waals surface area contributed by atoms with Gasteiger partial charge in [-0.1, -0.05) is 18.2 Å². The van der Waals surface area contributed by atoms with Gasteiger partial charge in [0.2, 0.25) is 0 Å². The van der Waals surface area contributed by atoms with E-state index in [0.29, 0.717) is 20.7 Å². The van der Waals surface area contributed by atoms with Gasteiger partial charge in [0.05, 0.1) is 27.2 Å². The van der Waals surface area contributed by atoms with Gasteiger partial charge in [-0.15, -0.1) is 11.3 Å². The Kier molecular flexibility index (Phi) is 4.92. The van der Waals surface area contributed by atoms with Gasteiger partial charge in [-0.25, -0.2) is 13.4 Å². The predicted molar refractivity (Wildman–Crippen MR) is 100 cm³/mol. The van der Waals surface area contributed by atoms with Crippen molar-refractivity contribution in [3.8, 4) is 0 Å². The second-order valence-corrected chi connectivity index (χ2v) is 8.89. The highest BCUT2D eigenvalue weighted by atomic mass is 32.2.